The summed E-state index contributed by atoms with van der Waals surface area (Å²) < 4.78 is 5.66. The van der Waals surface area contributed by atoms with Crippen LogP contribution < -0.4 is 10.6 Å². The van der Waals surface area contributed by atoms with E-state index in [9.17, 15) is 4.79 Å². The van der Waals surface area contributed by atoms with E-state index >= 15 is 0 Å². The standard InChI is InChI=1S/C13H20N2O2S/c1-3-15(8-10-5-4-6-17-10)12-7-11(14)13(18-12)9(2)16/h7,10H,3-6,8,14H2,1-2H3. The molecular weight excluding hydrogens is 248 g/mol. The fourth-order valence-corrected chi connectivity index (χ4v) is 3.28. The van der Waals surface area contributed by atoms with E-state index in [0.717, 1.165) is 37.5 Å². The first kappa shape index (κ1) is 13.4. The van der Waals surface area contributed by atoms with Crippen molar-refractivity contribution in [3.63, 3.8) is 0 Å². The van der Waals surface area contributed by atoms with Crippen molar-refractivity contribution in [3.05, 3.63) is 10.9 Å². The van der Waals surface area contributed by atoms with Gasteiger partial charge in [0.15, 0.2) is 5.78 Å². The highest BCUT2D eigenvalue weighted by Crippen LogP contribution is 2.33. The van der Waals surface area contributed by atoms with Crippen LogP contribution in [0.15, 0.2) is 6.07 Å². The van der Waals surface area contributed by atoms with Gasteiger partial charge in [0.1, 0.15) is 0 Å². The van der Waals surface area contributed by atoms with E-state index in [1.54, 1.807) is 6.92 Å². The number of Topliss-reactive ketones (excluding diaryl/α,β-unsaturated/α-hetero) is 1. The lowest BCUT2D eigenvalue weighted by atomic mass is 10.2. The fraction of sp³-hybridized carbons (Fsp3) is 0.615. The van der Waals surface area contributed by atoms with Crippen LogP contribution in [0.1, 0.15) is 36.4 Å². The van der Waals surface area contributed by atoms with Gasteiger partial charge in [-0.25, -0.2) is 0 Å². The fourth-order valence-electron chi connectivity index (χ4n) is 2.23. The van der Waals surface area contributed by atoms with Gasteiger partial charge in [-0.15, -0.1) is 11.3 Å². The van der Waals surface area contributed by atoms with Crippen LogP contribution in [-0.4, -0.2) is 31.6 Å². The Balaban J connectivity index is 2.11. The van der Waals surface area contributed by atoms with Crippen LogP contribution in [-0.2, 0) is 4.74 Å². The Morgan fingerprint density at radius 1 is 1.67 bits per heavy atom. The van der Waals surface area contributed by atoms with E-state index in [0.29, 0.717) is 16.7 Å². The van der Waals surface area contributed by atoms with Gasteiger partial charge in [0.25, 0.3) is 0 Å². The van der Waals surface area contributed by atoms with Crippen LogP contribution in [0, 0.1) is 0 Å². The van der Waals surface area contributed by atoms with E-state index in [1.165, 1.54) is 11.3 Å². The molecule has 0 aromatic carbocycles. The lowest BCUT2D eigenvalue weighted by molar-refractivity contribution is 0.102. The van der Waals surface area contributed by atoms with E-state index in [2.05, 4.69) is 11.8 Å². The Hall–Kier alpha value is -1.07. The van der Waals surface area contributed by atoms with Crippen LogP contribution >= 0.6 is 11.3 Å². The predicted octanol–water partition coefficient (Wildman–Crippen LogP) is 2.54. The molecule has 0 saturated carbocycles. The molecule has 100 valence electrons. The number of carbonyl (C=O) groups is 1. The number of nitrogens with zero attached hydrogens (tertiary/aromatic N) is 1. The zero-order valence-corrected chi connectivity index (χ0v) is 11.8. The Labute approximate surface area is 112 Å². The van der Waals surface area contributed by atoms with Crippen molar-refractivity contribution in [1.29, 1.82) is 0 Å². The minimum absolute atomic E-state index is 0.0388. The summed E-state index contributed by atoms with van der Waals surface area (Å²) in [5, 5.41) is 1.07. The third-order valence-electron chi connectivity index (χ3n) is 3.21. The summed E-state index contributed by atoms with van der Waals surface area (Å²) in [5.41, 5.74) is 6.47. The molecule has 0 radical (unpaired) electrons. The van der Waals surface area contributed by atoms with E-state index in [-0.39, 0.29) is 5.78 Å². The number of ether oxygens (including phenoxy) is 1. The predicted molar refractivity (Wildman–Crippen MR) is 75.6 cm³/mol. The average Bonchev–Trinajstić information content (AvgIpc) is 2.94. The number of hydrogen-bond acceptors (Lipinski definition) is 5. The Bertz CT molecular complexity index is 425. The van der Waals surface area contributed by atoms with E-state index in [4.69, 9.17) is 10.5 Å². The molecule has 0 aliphatic carbocycles. The van der Waals surface area contributed by atoms with Crippen molar-refractivity contribution >= 4 is 27.8 Å². The third-order valence-corrected chi connectivity index (χ3v) is 4.52. The molecule has 1 aliphatic rings. The SMILES string of the molecule is CCN(CC1CCCO1)c1cc(N)c(C(C)=O)s1. The highest BCUT2D eigenvalue weighted by Gasteiger charge is 2.21. The Morgan fingerprint density at radius 3 is 2.94 bits per heavy atom. The van der Waals surface area contributed by atoms with Crippen LogP contribution in [0.2, 0.25) is 0 Å². The minimum atomic E-state index is 0.0388. The van der Waals surface area contributed by atoms with Crippen LogP contribution in [0.25, 0.3) is 0 Å². The smallest absolute Gasteiger partial charge is 0.171 e. The van der Waals surface area contributed by atoms with Crippen molar-refractivity contribution in [2.24, 2.45) is 0 Å². The normalized spacial score (nSPS) is 19.1. The summed E-state index contributed by atoms with van der Waals surface area (Å²) in [7, 11) is 0. The first-order valence-corrected chi connectivity index (χ1v) is 7.20. The number of nitrogen functional groups attached to an aromatic ring is 1. The monoisotopic (exact) mass is 268 g/mol. The molecule has 0 spiro atoms. The first-order chi connectivity index (χ1) is 8.61. The van der Waals surface area contributed by atoms with Gasteiger partial charge in [0.2, 0.25) is 0 Å². The second-order valence-electron chi connectivity index (χ2n) is 4.60. The van der Waals surface area contributed by atoms with Crippen molar-refractivity contribution in [3.8, 4) is 0 Å². The highest BCUT2D eigenvalue weighted by atomic mass is 32.1. The summed E-state index contributed by atoms with van der Waals surface area (Å²) >= 11 is 1.48. The Kier molecular flexibility index (Phi) is 4.24. The molecule has 1 fully saturated rings. The van der Waals surface area contributed by atoms with Crippen LogP contribution in [0.4, 0.5) is 10.7 Å². The number of rotatable bonds is 5. The van der Waals surface area contributed by atoms with Gasteiger partial charge in [-0.1, -0.05) is 0 Å². The molecule has 1 atom stereocenters. The van der Waals surface area contributed by atoms with Crippen molar-refractivity contribution in [2.75, 3.05) is 30.3 Å². The number of hydrogen-bond donors (Lipinski definition) is 1. The maximum atomic E-state index is 11.4. The number of thiophene rings is 1. The summed E-state index contributed by atoms with van der Waals surface area (Å²) in [6, 6.07) is 1.90. The minimum Gasteiger partial charge on any atom is -0.397 e. The summed E-state index contributed by atoms with van der Waals surface area (Å²) in [6.45, 7) is 6.32. The third kappa shape index (κ3) is 2.84. The molecule has 0 amide bonds. The average molecular weight is 268 g/mol. The van der Waals surface area contributed by atoms with Gasteiger partial charge in [-0.3, -0.25) is 4.79 Å². The van der Waals surface area contributed by atoms with Gasteiger partial charge in [0.05, 0.1) is 21.7 Å². The van der Waals surface area contributed by atoms with Gasteiger partial charge in [-0.05, 0) is 25.8 Å². The molecule has 1 unspecified atom stereocenters. The second kappa shape index (κ2) is 5.71. The maximum absolute atomic E-state index is 11.4. The maximum Gasteiger partial charge on any atom is 0.171 e. The molecule has 1 aromatic rings. The largest absolute Gasteiger partial charge is 0.397 e. The topological polar surface area (TPSA) is 55.6 Å². The van der Waals surface area contributed by atoms with Gasteiger partial charge >= 0.3 is 0 Å². The van der Waals surface area contributed by atoms with E-state index in [1.807, 2.05) is 6.07 Å². The summed E-state index contributed by atoms with van der Waals surface area (Å²) in [4.78, 5) is 14.3. The summed E-state index contributed by atoms with van der Waals surface area (Å²) in [5.74, 6) is 0.0388. The molecule has 0 bridgehead atoms. The molecule has 2 rings (SSSR count). The molecule has 1 aliphatic heterocycles. The molecule has 1 saturated heterocycles. The number of likely N-dealkylation sites (N-methyl/N-ethyl adjacent to an activating group) is 1. The number of anilines is 2. The molecule has 18 heavy (non-hydrogen) atoms. The van der Waals surface area contributed by atoms with Crippen molar-refractivity contribution in [2.45, 2.75) is 32.8 Å². The first-order valence-electron chi connectivity index (χ1n) is 6.38. The van der Waals surface area contributed by atoms with Crippen molar-refractivity contribution < 1.29 is 9.53 Å². The molecule has 5 heteroatoms. The molecular formula is C13H20N2O2S. The summed E-state index contributed by atoms with van der Waals surface area (Å²) in [6.07, 6.45) is 2.58. The van der Waals surface area contributed by atoms with Gasteiger partial charge < -0.3 is 15.4 Å². The molecule has 1 aromatic heterocycles. The van der Waals surface area contributed by atoms with Gasteiger partial charge in [0, 0.05) is 26.6 Å². The second-order valence-corrected chi connectivity index (χ2v) is 5.63. The number of ketones is 1. The lowest BCUT2D eigenvalue weighted by Crippen LogP contribution is -2.31. The Morgan fingerprint density at radius 2 is 2.44 bits per heavy atom. The molecule has 2 heterocycles. The molecule has 2 N–H and O–H groups in total. The van der Waals surface area contributed by atoms with E-state index < -0.39 is 0 Å². The molecule has 4 nitrogen and oxygen atoms in total. The van der Waals surface area contributed by atoms with Gasteiger partial charge in [-0.2, -0.15) is 0 Å². The quantitative estimate of drug-likeness (QED) is 0.834. The number of carbonyl (C=O) groups excluding carboxylic acids is 1. The number of nitrogens with two attached hydrogens (primary N) is 1. The highest BCUT2D eigenvalue weighted by molar-refractivity contribution is 7.18. The zero-order valence-electron chi connectivity index (χ0n) is 10.9. The van der Waals surface area contributed by atoms with Crippen LogP contribution in [0.5, 0.6) is 0 Å². The van der Waals surface area contributed by atoms with Crippen molar-refractivity contribution in [1.82, 2.24) is 0 Å². The van der Waals surface area contributed by atoms with Crippen LogP contribution in [0.3, 0.4) is 0 Å². The lowest BCUT2D eigenvalue weighted by Gasteiger charge is -2.24. The zero-order chi connectivity index (χ0) is 13.1.